The van der Waals surface area contributed by atoms with Crippen LogP contribution in [0.25, 0.3) is 10.9 Å². The molecule has 0 bridgehead atoms. The van der Waals surface area contributed by atoms with Gasteiger partial charge in [0.2, 0.25) is 5.91 Å². The van der Waals surface area contributed by atoms with Crippen molar-refractivity contribution in [2.24, 2.45) is 23.7 Å². The summed E-state index contributed by atoms with van der Waals surface area (Å²) in [6, 6.07) is 8.42. The number of hydrogen-bond acceptors (Lipinski definition) is 4. The van der Waals surface area contributed by atoms with Gasteiger partial charge in [-0.1, -0.05) is 13.5 Å². The van der Waals surface area contributed by atoms with Crippen LogP contribution < -0.4 is 10.1 Å². The zero-order valence-electron chi connectivity index (χ0n) is 17.1. The Morgan fingerprint density at radius 2 is 2.17 bits per heavy atom. The minimum absolute atomic E-state index is 0.0180. The number of rotatable bonds is 8. The molecule has 1 aromatic heterocycles. The first-order valence-electron chi connectivity index (χ1n) is 10.5. The lowest BCUT2D eigenvalue weighted by atomic mass is 9.96. The van der Waals surface area contributed by atoms with E-state index in [1.54, 1.807) is 18.3 Å². The molecule has 1 N–H and O–H groups in total. The molecule has 5 atom stereocenters. The van der Waals surface area contributed by atoms with Gasteiger partial charge in [0.15, 0.2) is 0 Å². The van der Waals surface area contributed by atoms with E-state index in [1.165, 1.54) is 12.1 Å². The van der Waals surface area contributed by atoms with E-state index < -0.39 is 0 Å². The molecule has 1 aromatic carbocycles. The van der Waals surface area contributed by atoms with Crippen molar-refractivity contribution >= 4 is 16.8 Å². The Kier molecular flexibility index (Phi) is 5.72. The van der Waals surface area contributed by atoms with Crippen LogP contribution in [0.15, 0.2) is 42.7 Å². The summed E-state index contributed by atoms with van der Waals surface area (Å²) in [6.45, 7) is 5.88. The zero-order chi connectivity index (χ0) is 21.3. The smallest absolute Gasteiger partial charge is 0.227 e. The van der Waals surface area contributed by atoms with E-state index in [9.17, 15) is 9.18 Å². The summed E-state index contributed by atoms with van der Waals surface area (Å²) in [5, 5.41) is 12.2. The molecule has 156 valence electrons. The van der Waals surface area contributed by atoms with Gasteiger partial charge >= 0.3 is 0 Å². The predicted molar refractivity (Wildman–Crippen MR) is 112 cm³/mol. The van der Waals surface area contributed by atoms with E-state index in [-0.39, 0.29) is 23.7 Å². The molecule has 2 saturated carbocycles. The topological polar surface area (TPSA) is 75.0 Å². The Bertz CT molecular complexity index is 1000. The molecule has 0 saturated heterocycles. The summed E-state index contributed by atoms with van der Waals surface area (Å²) < 4.78 is 19.9. The van der Waals surface area contributed by atoms with E-state index >= 15 is 0 Å². The lowest BCUT2D eigenvalue weighted by molar-refractivity contribution is -0.124. The van der Waals surface area contributed by atoms with Crippen molar-refractivity contribution in [2.45, 2.75) is 45.1 Å². The first-order valence-corrected chi connectivity index (χ1v) is 10.5. The minimum atomic E-state index is -0.302. The standard InChI is InChI=1S/C24H26FN3O2/c1-14(5-3-4-9-26)28-24(29)15(2)23-18-12-17(13-19(18)23)30-22-8-10-27-21-7-6-16(25)11-20(21)22/h6-8,10-11,15,17-19,23H,1,3-5,12-13H2,2H3,(H,28,29)/t15?,17-,18-,19+,23+. The highest BCUT2D eigenvalue weighted by atomic mass is 19.1. The fourth-order valence-corrected chi connectivity index (χ4v) is 4.96. The Morgan fingerprint density at radius 3 is 2.90 bits per heavy atom. The number of aromatic nitrogens is 1. The van der Waals surface area contributed by atoms with Gasteiger partial charge in [0.1, 0.15) is 11.6 Å². The number of halogens is 1. The third kappa shape index (κ3) is 4.16. The molecule has 2 fully saturated rings. The van der Waals surface area contributed by atoms with Crippen LogP contribution in [0.4, 0.5) is 4.39 Å². The van der Waals surface area contributed by atoms with E-state index in [0.29, 0.717) is 53.8 Å². The average molecular weight is 407 g/mol. The summed E-state index contributed by atoms with van der Waals surface area (Å²) in [4.78, 5) is 16.8. The molecule has 30 heavy (non-hydrogen) atoms. The zero-order valence-corrected chi connectivity index (χ0v) is 17.1. The highest BCUT2D eigenvalue weighted by molar-refractivity contribution is 5.84. The Balaban J connectivity index is 1.30. The molecule has 0 spiro atoms. The summed E-state index contributed by atoms with van der Waals surface area (Å²) in [5.74, 6) is 1.68. The van der Waals surface area contributed by atoms with Gasteiger partial charge < -0.3 is 10.1 Å². The van der Waals surface area contributed by atoms with Crippen LogP contribution in [0.3, 0.4) is 0 Å². The number of unbranched alkanes of at least 4 members (excludes halogenated alkanes) is 1. The molecular weight excluding hydrogens is 381 g/mol. The summed E-state index contributed by atoms with van der Waals surface area (Å²) in [6.07, 6.45) is 5.42. The summed E-state index contributed by atoms with van der Waals surface area (Å²) >= 11 is 0. The van der Waals surface area contributed by atoms with Crippen molar-refractivity contribution in [2.75, 3.05) is 0 Å². The average Bonchev–Trinajstić information content (AvgIpc) is 3.22. The Labute approximate surface area is 175 Å². The highest BCUT2D eigenvalue weighted by Gasteiger charge is 2.59. The van der Waals surface area contributed by atoms with Crippen LogP contribution in [-0.4, -0.2) is 17.0 Å². The van der Waals surface area contributed by atoms with Gasteiger partial charge in [-0.05, 0) is 67.7 Å². The second kappa shape index (κ2) is 8.43. The molecule has 1 heterocycles. The number of nitrogens with zero attached hydrogens (tertiary/aromatic N) is 2. The molecule has 2 aromatic rings. The third-order valence-corrected chi connectivity index (χ3v) is 6.48. The minimum Gasteiger partial charge on any atom is -0.490 e. The number of carbonyl (C=O) groups is 1. The van der Waals surface area contributed by atoms with Crippen molar-refractivity contribution in [1.82, 2.24) is 10.3 Å². The normalized spacial score (nSPS) is 25.2. The number of nitrogens with one attached hydrogen (secondary N) is 1. The van der Waals surface area contributed by atoms with Gasteiger partial charge in [-0.2, -0.15) is 5.26 Å². The van der Waals surface area contributed by atoms with Crippen LogP contribution in [-0.2, 0) is 4.79 Å². The van der Waals surface area contributed by atoms with Crippen molar-refractivity contribution < 1.29 is 13.9 Å². The Hall–Kier alpha value is -2.94. The maximum absolute atomic E-state index is 13.7. The van der Waals surface area contributed by atoms with Crippen molar-refractivity contribution in [3.8, 4) is 11.8 Å². The number of pyridine rings is 1. The quantitative estimate of drug-likeness (QED) is 0.642. The molecule has 5 nitrogen and oxygen atoms in total. The van der Waals surface area contributed by atoms with Crippen molar-refractivity contribution in [1.29, 1.82) is 5.26 Å². The van der Waals surface area contributed by atoms with Gasteiger partial charge in [-0.3, -0.25) is 9.78 Å². The van der Waals surface area contributed by atoms with Crippen LogP contribution in [0.5, 0.6) is 5.75 Å². The van der Waals surface area contributed by atoms with E-state index in [1.807, 2.05) is 6.92 Å². The predicted octanol–water partition coefficient (Wildman–Crippen LogP) is 4.74. The van der Waals surface area contributed by atoms with Gasteiger partial charge in [0.05, 0.1) is 17.7 Å². The van der Waals surface area contributed by atoms with Crippen molar-refractivity contribution in [3.63, 3.8) is 0 Å². The van der Waals surface area contributed by atoms with Crippen LogP contribution >= 0.6 is 0 Å². The molecule has 2 aliphatic carbocycles. The Morgan fingerprint density at radius 1 is 1.40 bits per heavy atom. The van der Waals surface area contributed by atoms with Crippen LogP contribution in [0, 0.1) is 40.8 Å². The van der Waals surface area contributed by atoms with E-state index in [0.717, 1.165) is 18.4 Å². The molecule has 4 rings (SSSR count). The molecule has 2 aliphatic rings. The number of allylic oxidation sites excluding steroid dienone is 1. The van der Waals surface area contributed by atoms with E-state index in [4.69, 9.17) is 10.00 Å². The maximum atomic E-state index is 13.7. The number of ether oxygens (including phenoxy) is 1. The number of hydrogen-bond donors (Lipinski definition) is 1. The molecule has 1 unspecified atom stereocenters. The number of carbonyl (C=O) groups excluding carboxylic acids is 1. The first kappa shape index (κ1) is 20.3. The molecule has 1 amide bonds. The number of nitriles is 1. The summed E-state index contributed by atoms with van der Waals surface area (Å²) in [5.41, 5.74) is 1.40. The first-order chi connectivity index (χ1) is 14.5. The molecular formula is C24H26FN3O2. The molecule has 0 radical (unpaired) electrons. The monoisotopic (exact) mass is 407 g/mol. The van der Waals surface area contributed by atoms with Crippen LogP contribution in [0.1, 0.15) is 39.0 Å². The van der Waals surface area contributed by atoms with E-state index in [2.05, 4.69) is 22.9 Å². The molecule has 6 heteroatoms. The van der Waals surface area contributed by atoms with Crippen LogP contribution in [0.2, 0.25) is 0 Å². The summed E-state index contributed by atoms with van der Waals surface area (Å²) in [7, 11) is 0. The fraction of sp³-hybridized carbons (Fsp3) is 0.458. The fourth-order valence-electron chi connectivity index (χ4n) is 4.96. The largest absolute Gasteiger partial charge is 0.490 e. The number of amides is 1. The highest BCUT2D eigenvalue weighted by Crippen LogP contribution is 2.61. The SMILES string of the molecule is C=C(CCCC#N)NC(=O)C(C)[C@H]1[C@@H]2C[C@@H](Oc3ccnc4ccc(F)cc34)C[C@@H]21. The lowest BCUT2D eigenvalue weighted by Crippen LogP contribution is -2.31. The van der Waals surface area contributed by atoms with Crippen molar-refractivity contribution in [3.05, 3.63) is 48.6 Å². The second-order valence-electron chi connectivity index (χ2n) is 8.48. The maximum Gasteiger partial charge on any atom is 0.227 e. The number of fused-ring (bicyclic) bond motifs is 2. The third-order valence-electron chi connectivity index (χ3n) is 6.48. The molecule has 0 aliphatic heterocycles. The van der Waals surface area contributed by atoms with Gasteiger partial charge in [0.25, 0.3) is 0 Å². The number of benzene rings is 1. The van der Waals surface area contributed by atoms with Gasteiger partial charge in [-0.15, -0.1) is 0 Å². The second-order valence-corrected chi connectivity index (χ2v) is 8.48. The van der Waals surface area contributed by atoms with Gasteiger partial charge in [-0.25, -0.2) is 4.39 Å². The van der Waals surface area contributed by atoms with Gasteiger partial charge in [0, 0.05) is 29.6 Å². The lowest BCUT2D eigenvalue weighted by Gasteiger charge is -2.20.